The highest BCUT2D eigenvalue weighted by Gasteiger charge is 2.46. The lowest BCUT2D eigenvalue weighted by Crippen LogP contribution is -2.30. The Morgan fingerprint density at radius 2 is 1.93 bits per heavy atom. The molecule has 0 aliphatic rings. The number of rotatable bonds is 11. The number of thiophene rings is 1. The maximum atomic E-state index is 13.1. The molecule has 0 atom stereocenters. The molecular weight excluding hydrogens is 693 g/mol. The number of aromatic nitrogens is 2. The molecule has 45 heavy (non-hydrogen) atoms. The summed E-state index contributed by atoms with van der Waals surface area (Å²) in [5, 5.41) is 2.58. The summed E-state index contributed by atoms with van der Waals surface area (Å²) in [6.45, 7) is 4.34. The Labute approximate surface area is 269 Å². The topological polar surface area (TPSA) is 120 Å². The van der Waals surface area contributed by atoms with Crippen molar-refractivity contribution in [3.8, 4) is 11.3 Å². The SMILES string of the molecule is CCCc1nc(C)c(/C=C(\Cc2cccs2)C(N)=O)n1Cc1ccc2oc(-c3ccccc3NS(=O)(=O)C(F)(F)F)c(Br)c2c1. The number of nitrogens with two attached hydrogens (primary N) is 1. The van der Waals surface area contributed by atoms with Gasteiger partial charge in [0.1, 0.15) is 11.4 Å². The van der Waals surface area contributed by atoms with Crippen molar-refractivity contribution < 1.29 is 30.8 Å². The quantitative estimate of drug-likeness (QED) is 0.135. The van der Waals surface area contributed by atoms with Gasteiger partial charge in [-0.15, -0.1) is 11.3 Å². The van der Waals surface area contributed by atoms with Crippen LogP contribution in [-0.2, 0) is 34.2 Å². The number of imidazole rings is 1. The number of aryl methyl sites for hydroxylation is 2. The summed E-state index contributed by atoms with van der Waals surface area (Å²) in [5.74, 6) is 0.497. The summed E-state index contributed by atoms with van der Waals surface area (Å²) < 4.78 is 73.2. The van der Waals surface area contributed by atoms with Gasteiger partial charge < -0.3 is 14.7 Å². The first-order valence-corrected chi connectivity index (χ1v) is 16.9. The van der Waals surface area contributed by atoms with E-state index in [9.17, 15) is 26.4 Å². The lowest BCUT2D eigenvalue weighted by Gasteiger charge is -2.13. The summed E-state index contributed by atoms with van der Waals surface area (Å²) in [7, 11) is -5.65. The second-order valence-corrected chi connectivity index (χ2v) is 13.8. The van der Waals surface area contributed by atoms with Crippen molar-refractivity contribution in [3.63, 3.8) is 0 Å². The first-order chi connectivity index (χ1) is 21.3. The van der Waals surface area contributed by atoms with Crippen LogP contribution in [0.15, 0.2) is 74.4 Å². The number of carbonyl (C=O) groups excluding carboxylic acids is 1. The molecular formula is C31H28BrF3N4O4S2. The first kappa shape index (κ1) is 32.5. The third kappa shape index (κ3) is 6.87. The zero-order chi connectivity index (χ0) is 32.5. The van der Waals surface area contributed by atoms with Gasteiger partial charge >= 0.3 is 15.5 Å². The molecule has 0 spiro atoms. The van der Waals surface area contributed by atoms with Crippen molar-refractivity contribution in [3.05, 3.63) is 97.7 Å². The number of carbonyl (C=O) groups is 1. The molecule has 0 fully saturated rings. The molecule has 3 heterocycles. The van der Waals surface area contributed by atoms with Crippen LogP contribution in [0.3, 0.4) is 0 Å². The number of halogens is 4. The summed E-state index contributed by atoms with van der Waals surface area (Å²) in [4.78, 5) is 18.2. The number of sulfonamides is 1. The molecule has 3 N–H and O–H groups in total. The fraction of sp³-hybridized carbons (Fsp3) is 0.226. The molecule has 0 unspecified atom stereocenters. The summed E-state index contributed by atoms with van der Waals surface area (Å²) in [6, 6.07) is 15.0. The predicted octanol–water partition coefficient (Wildman–Crippen LogP) is 7.80. The van der Waals surface area contributed by atoms with E-state index in [-0.39, 0.29) is 17.0 Å². The van der Waals surface area contributed by atoms with Gasteiger partial charge in [0.15, 0.2) is 5.76 Å². The van der Waals surface area contributed by atoms with Crippen LogP contribution in [0.5, 0.6) is 0 Å². The maximum Gasteiger partial charge on any atom is 0.516 e. The molecule has 3 aromatic heterocycles. The molecule has 8 nitrogen and oxygen atoms in total. The van der Waals surface area contributed by atoms with Gasteiger partial charge in [0.05, 0.1) is 21.5 Å². The Bertz CT molecular complexity index is 2010. The number of hydrogen-bond donors (Lipinski definition) is 2. The molecule has 0 radical (unpaired) electrons. The minimum absolute atomic E-state index is 0.127. The van der Waals surface area contributed by atoms with E-state index >= 15 is 0 Å². The fourth-order valence-electron chi connectivity index (χ4n) is 4.94. The van der Waals surface area contributed by atoms with E-state index in [1.165, 1.54) is 18.2 Å². The average Bonchev–Trinajstić information content (AvgIpc) is 3.67. The van der Waals surface area contributed by atoms with E-state index in [2.05, 4.69) is 22.9 Å². The minimum atomic E-state index is -5.65. The number of hydrogen-bond acceptors (Lipinski definition) is 6. The number of benzene rings is 2. The Balaban J connectivity index is 1.54. The van der Waals surface area contributed by atoms with Crippen molar-refractivity contribution >= 4 is 65.9 Å². The van der Waals surface area contributed by atoms with E-state index < -0.39 is 21.4 Å². The number of fused-ring (bicyclic) bond motifs is 1. The molecule has 0 saturated carbocycles. The smallest absolute Gasteiger partial charge is 0.455 e. The molecule has 1 amide bonds. The van der Waals surface area contributed by atoms with Gasteiger partial charge in [0, 0.05) is 40.8 Å². The zero-order valence-corrected chi connectivity index (χ0v) is 27.3. The average molecular weight is 722 g/mol. The third-order valence-electron chi connectivity index (χ3n) is 7.07. The molecule has 0 bridgehead atoms. The largest absolute Gasteiger partial charge is 0.516 e. The van der Waals surface area contributed by atoms with Crippen molar-refractivity contribution in [1.29, 1.82) is 0 Å². The lowest BCUT2D eigenvalue weighted by atomic mass is 10.1. The summed E-state index contributed by atoms with van der Waals surface area (Å²) >= 11 is 5.07. The normalized spacial score (nSPS) is 12.6. The van der Waals surface area contributed by atoms with Gasteiger partial charge in [-0.1, -0.05) is 31.2 Å². The Morgan fingerprint density at radius 1 is 1.18 bits per heavy atom. The van der Waals surface area contributed by atoms with Crippen LogP contribution in [-0.4, -0.2) is 29.4 Å². The molecule has 5 aromatic rings. The van der Waals surface area contributed by atoms with E-state index in [4.69, 9.17) is 15.1 Å². The van der Waals surface area contributed by atoms with Crippen LogP contribution >= 0.6 is 27.3 Å². The Morgan fingerprint density at radius 3 is 2.60 bits per heavy atom. The number of nitrogens with zero attached hydrogens (tertiary/aromatic N) is 2. The number of amides is 1. The highest BCUT2D eigenvalue weighted by atomic mass is 79.9. The van der Waals surface area contributed by atoms with Crippen LogP contribution in [0, 0.1) is 6.92 Å². The number of anilines is 1. The highest BCUT2D eigenvalue weighted by molar-refractivity contribution is 9.10. The standard InChI is InChI=1S/C31H28BrF3N4O4S2/c1-3-7-27-37-18(2)25(16-20(30(36)40)15-21-8-6-13-44-21)39(27)17-19-11-12-26-23(14-19)28(32)29(43-26)22-9-4-5-10-24(22)38-45(41,42)31(33,34)35/h4-6,8-14,16,38H,3,7,15,17H2,1-2H3,(H2,36,40)/b20-16+. The van der Waals surface area contributed by atoms with Gasteiger partial charge in [-0.05, 0) is 76.6 Å². The van der Waals surface area contributed by atoms with Crippen molar-refractivity contribution in [2.24, 2.45) is 5.73 Å². The molecule has 14 heteroatoms. The van der Waals surface area contributed by atoms with Crippen LogP contribution in [0.25, 0.3) is 28.4 Å². The van der Waals surface area contributed by atoms with Crippen LogP contribution < -0.4 is 10.5 Å². The lowest BCUT2D eigenvalue weighted by molar-refractivity contribution is -0.114. The molecule has 236 valence electrons. The van der Waals surface area contributed by atoms with Crippen molar-refractivity contribution in [1.82, 2.24) is 9.55 Å². The zero-order valence-electron chi connectivity index (χ0n) is 24.1. The number of para-hydroxylation sites is 1. The van der Waals surface area contributed by atoms with Crippen molar-refractivity contribution in [2.75, 3.05) is 4.72 Å². The maximum absolute atomic E-state index is 13.1. The van der Waals surface area contributed by atoms with E-state index in [0.717, 1.165) is 34.1 Å². The Hall–Kier alpha value is -3.88. The molecule has 0 aliphatic heterocycles. The molecule has 5 rings (SSSR count). The molecule has 0 aliphatic carbocycles. The van der Waals surface area contributed by atoms with E-state index in [0.29, 0.717) is 40.4 Å². The third-order valence-corrected chi connectivity index (χ3v) is 9.83. The van der Waals surface area contributed by atoms with Gasteiger partial charge in [-0.2, -0.15) is 21.6 Å². The minimum Gasteiger partial charge on any atom is -0.455 e. The van der Waals surface area contributed by atoms with Crippen LogP contribution in [0.1, 0.15) is 41.0 Å². The second-order valence-electron chi connectivity index (χ2n) is 10.3. The number of furan rings is 1. The van der Waals surface area contributed by atoms with Crippen LogP contribution in [0.2, 0.25) is 0 Å². The van der Waals surface area contributed by atoms with Gasteiger partial charge in [-0.3, -0.25) is 9.52 Å². The summed E-state index contributed by atoms with van der Waals surface area (Å²) in [5.41, 5.74) is 3.42. The van der Waals surface area contributed by atoms with Gasteiger partial charge in [-0.25, -0.2) is 4.98 Å². The molecule has 2 aromatic carbocycles. The number of alkyl halides is 3. The fourth-order valence-corrected chi connectivity index (χ4v) is 6.85. The summed E-state index contributed by atoms with van der Waals surface area (Å²) in [6.07, 6.45) is 3.76. The monoisotopic (exact) mass is 720 g/mol. The van der Waals surface area contributed by atoms with Crippen LogP contribution in [0.4, 0.5) is 18.9 Å². The number of nitrogens with one attached hydrogen (secondary N) is 1. The van der Waals surface area contributed by atoms with E-state index in [1.807, 2.05) is 41.1 Å². The first-order valence-electron chi connectivity index (χ1n) is 13.8. The van der Waals surface area contributed by atoms with Gasteiger partial charge in [0.25, 0.3) is 0 Å². The molecule has 0 saturated heterocycles. The van der Waals surface area contributed by atoms with Gasteiger partial charge in [0.2, 0.25) is 5.91 Å². The second kappa shape index (κ2) is 12.9. The van der Waals surface area contributed by atoms with E-state index in [1.54, 1.807) is 34.3 Å². The van der Waals surface area contributed by atoms with Crippen molar-refractivity contribution in [2.45, 2.75) is 45.2 Å². The Kier molecular flexibility index (Phi) is 9.28. The predicted molar refractivity (Wildman–Crippen MR) is 173 cm³/mol. The highest BCUT2D eigenvalue weighted by Crippen LogP contribution is 2.42. The number of primary amides is 1.